The molecule has 2 aromatic carbocycles. The zero-order chi connectivity index (χ0) is 23.9. The number of nitrogens with one attached hydrogen (secondary N) is 1. The minimum Gasteiger partial charge on any atom is -0.454 e. The number of sulfonamides is 1. The van der Waals surface area contributed by atoms with Gasteiger partial charge in [-0.15, -0.1) is 21.5 Å². The van der Waals surface area contributed by atoms with Gasteiger partial charge in [0, 0.05) is 29.1 Å². The maximum absolute atomic E-state index is 14.3. The summed E-state index contributed by atoms with van der Waals surface area (Å²) in [4.78, 5) is 0. The summed E-state index contributed by atoms with van der Waals surface area (Å²) in [5, 5.41) is 9.78. The van der Waals surface area contributed by atoms with Gasteiger partial charge in [0.2, 0.25) is 0 Å². The van der Waals surface area contributed by atoms with Crippen LogP contribution in [0, 0.1) is 18.6 Å². The number of hydrogen-bond acceptors (Lipinski definition) is 6. The topological polar surface area (TPSA) is 85.6 Å². The summed E-state index contributed by atoms with van der Waals surface area (Å²) < 4.78 is 63.3. The highest BCUT2D eigenvalue weighted by molar-refractivity contribution is 7.94. The third-order valence-electron chi connectivity index (χ3n) is 4.99. The summed E-state index contributed by atoms with van der Waals surface area (Å²) in [5.74, 6) is -0.861. The number of anilines is 1. The minimum atomic E-state index is -3.78. The minimum absolute atomic E-state index is 0.170. The lowest BCUT2D eigenvalue weighted by atomic mass is 10.1. The summed E-state index contributed by atoms with van der Waals surface area (Å²) >= 11 is 1.10. The smallest absolute Gasteiger partial charge is 0.271 e. The zero-order valence-corrected chi connectivity index (χ0v) is 19.2. The molecular weight excluding hydrogens is 482 g/mol. The number of rotatable bonds is 6. The van der Waals surface area contributed by atoms with Crippen LogP contribution in [-0.4, -0.2) is 23.0 Å². The number of aryl methyl sites for hydroxylation is 1. The molecule has 0 amide bonds. The van der Waals surface area contributed by atoms with Crippen molar-refractivity contribution >= 4 is 32.7 Å². The van der Waals surface area contributed by atoms with Crippen LogP contribution >= 0.6 is 11.3 Å². The molecule has 7 nitrogen and oxygen atoms in total. The first-order valence-corrected chi connectivity index (χ1v) is 12.3. The molecule has 0 fully saturated rings. The Morgan fingerprint density at radius 1 is 1.00 bits per heavy atom. The Bertz CT molecular complexity index is 1620. The number of ether oxygens (including phenoxy) is 1. The van der Waals surface area contributed by atoms with Crippen LogP contribution in [0.25, 0.3) is 16.8 Å². The van der Waals surface area contributed by atoms with Gasteiger partial charge in [0.1, 0.15) is 21.6 Å². The molecule has 0 saturated carbocycles. The molecule has 0 radical (unpaired) electrons. The Labute approximate surface area is 197 Å². The van der Waals surface area contributed by atoms with E-state index in [-0.39, 0.29) is 21.4 Å². The fraction of sp³-hybridized carbons (Fsp3) is 0.0435. The van der Waals surface area contributed by atoms with E-state index in [1.165, 1.54) is 24.3 Å². The molecule has 0 aliphatic heterocycles. The first-order chi connectivity index (χ1) is 16.3. The molecule has 0 aliphatic carbocycles. The molecule has 0 atom stereocenters. The molecule has 5 rings (SSSR count). The van der Waals surface area contributed by atoms with Crippen LogP contribution in [-0.2, 0) is 10.0 Å². The SMILES string of the molecule is Cc1nnc2ccc(-c3cc(NS(=O)(=O)c4cccs4)ccc3Oc3ccc(F)cc3F)cn12. The molecule has 172 valence electrons. The second kappa shape index (κ2) is 8.50. The Morgan fingerprint density at radius 2 is 1.82 bits per heavy atom. The maximum Gasteiger partial charge on any atom is 0.271 e. The summed E-state index contributed by atoms with van der Waals surface area (Å²) in [6.45, 7) is 1.79. The first kappa shape index (κ1) is 22.0. The zero-order valence-electron chi connectivity index (χ0n) is 17.6. The molecule has 0 spiro atoms. The van der Waals surface area contributed by atoms with Crippen molar-refractivity contribution < 1.29 is 21.9 Å². The summed E-state index contributed by atoms with van der Waals surface area (Å²) in [5.41, 5.74) is 2.04. The first-order valence-electron chi connectivity index (χ1n) is 9.95. The van der Waals surface area contributed by atoms with Crippen LogP contribution in [0.3, 0.4) is 0 Å². The molecule has 34 heavy (non-hydrogen) atoms. The second-order valence-electron chi connectivity index (χ2n) is 7.32. The van der Waals surface area contributed by atoms with Gasteiger partial charge >= 0.3 is 0 Å². The monoisotopic (exact) mass is 498 g/mol. The van der Waals surface area contributed by atoms with E-state index in [0.29, 0.717) is 22.6 Å². The van der Waals surface area contributed by atoms with Gasteiger partial charge in [0.05, 0.1) is 0 Å². The van der Waals surface area contributed by atoms with Crippen LogP contribution in [0.15, 0.2) is 76.4 Å². The van der Waals surface area contributed by atoms with Crippen molar-refractivity contribution in [2.45, 2.75) is 11.1 Å². The Kier molecular flexibility index (Phi) is 5.50. The Balaban J connectivity index is 1.61. The van der Waals surface area contributed by atoms with E-state index in [0.717, 1.165) is 23.5 Å². The number of pyridine rings is 1. The highest BCUT2D eigenvalue weighted by atomic mass is 32.2. The van der Waals surface area contributed by atoms with Crippen molar-refractivity contribution in [3.8, 4) is 22.6 Å². The maximum atomic E-state index is 14.3. The number of hydrogen-bond donors (Lipinski definition) is 1. The van der Waals surface area contributed by atoms with E-state index < -0.39 is 21.7 Å². The molecule has 0 unspecified atom stereocenters. The van der Waals surface area contributed by atoms with Gasteiger partial charge in [-0.3, -0.25) is 9.12 Å². The van der Waals surface area contributed by atoms with E-state index in [2.05, 4.69) is 14.9 Å². The number of benzene rings is 2. The van der Waals surface area contributed by atoms with Gasteiger partial charge in [0.15, 0.2) is 17.2 Å². The van der Waals surface area contributed by atoms with Crippen LogP contribution in [0.2, 0.25) is 0 Å². The molecule has 5 aromatic rings. The van der Waals surface area contributed by atoms with Gasteiger partial charge in [-0.25, -0.2) is 17.2 Å². The number of nitrogens with zero attached hydrogens (tertiary/aromatic N) is 3. The summed E-state index contributed by atoms with van der Waals surface area (Å²) in [7, 11) is -3.78. The van der Waals surface area contributed by atoms with Crippen molar-refractivity contribution in [3.63, 3.8) is 0 Å². The Hall–Kier alpha value is -3.83. The van der Waals surface area contributed by atoms with Gasteiger partial charge in [-0.05, 0) is 60.8 Å². The van der Waals surface area contributed by atoms with Crippen molar-refractivity contribution in [2.75, 3.05) is 4.72 Å². The molecular formula is C23H16F2N4O3S2. The van der Waals surface area contributed by atoms with E-state index in [9.17, 15) is 17.2 Å². The van der Waals surface area contributed by atoms with E-state index >= 15 is 0 Å². The van der Waals surface area contributed by atoms with Crippen molar-refractivity contribution in [3.05, 3.63) is 89.7 Å². The van der Waals surface area contributed by atoms with Gasteiger partial charge in [-0.1, -0.05) is 6.07 Å². The van der Waals surface area contributed by atoms with Crippen molar-refractivity contribution in [1.29, 1.82) is 0 Å². The normalized spacial score (nSPS) is 11.6. The van der Waals surface area contributed by atoms with Crippen molar-refractivity contribution in [1.82, 2.24) is 14.6 Å². The molecule has 0 bridgehead atoms. The third kappa shape index (κ3) is 4.22. The summed E-state index contributed by atoms with van der Waals surface area (Å²) in [6.07, 6.45) is 1.77. The standard InChI is InChI=1S/C23H16F2N4O3S2/c1-14-26-27-22-9-4-15(13-29(14)22)18-12-17(28-34(30,31)23-3-2-10-33-23)6-8-20(18)32-21-7-5-16(24)11-19(21)25/h2-13,28H,1H3. The van der Waals surface area contributed by atoms with Crippen molar-refractivity contribution in [2.24, 2.45) is 0 Å². The number of halogens is 2. The highest BCUT2D eigenvalue weighted by Gasteiger charge is 2.18. The average molecular weight is 499 g/mol. The molecule has 0 aliphatic rings. The number of aromatic nitrogens is 3. The van der Waals surface area contributed by atoms with Gasteiger partial charge in [0.25, 0.3) is 10.0 Å². The fourth-order valence-corrected chi connectivity index (χ4v) is 5.41. The number of thiophene rings is 1. The lowest BCUT2D eigenvalue weighted by Gasteiger charge is -2.15. The highest BCUT2D eigenvalue weighted by Crippen LogP contribution is 2.37. The third-order valence-corrected chi connectivity index (χ3v) is 7.77. The Morgan fingerprint density at radius 3 is 2.59 bits per heavy atom. The largest absolute Gasteiger partial charge is 0.454 e. The van der Waals surface area contributed by atoms with E-state index in [1.54, 1.807) is 47.2 Å². The predicted octanol–water partition coefficient (Wildman–Crippen LogP) is 5.64. The van der Waals surface area contributed by atoms with Crippen LogP contribution in [0.4, 0.5) is 14.5 Å². The average Bonchev–Trinajstić information content (AvgIpc) is 3.47. The lowest BCUT2D eigenvalue weighted by molar-refractivity contribution is 0.439. The van der Waals surface area contributed by atoms with Crippen LogP contribution in [0.5, 0.6) is 11.5 Å². The predicted molar refractivity (Wildman–Crippen MR) is 125 cm³/mol. The molecule has 0 saturated heterocycles. The lowest BCUT2D eigenvalue weighted by Crippen LogP contribution is -2.11. The number of fused-ring (bicyclic) bond motifs is 1. The second-order valence-corrected chi connectivity index (χ2v) is 10.2. The van der Waals surface area contributed by atoms with Crippen LogP contribution < -0.4 is 9.46 Å². The summed E-state index contributed by atoms with van der Waals surface area (Å²) in [6, 6.07) is 14.3. The molecule has 1 N–H and O–H groups in total. The van der Waals surface area contributed by atoms with Crippen LogP contribution in [0.1, 0.15) is 5.82 Å². The molecule has 3 heterocycles. The quantitative estimate of drug-likeness (QED) is 0.328. The molecule has 3 aromatic heterocycles. The van der Waals surface area contributed by atoms with Gasteiger partial charge < -0.3 is 4.74 Å². The molecule has 11 heteroatoms. The van der Waals surface area contributed by atoms with E-state index in [4.69, 9.17) is 4.74 Å². The van der Waals surface area contributed by atoms with Gasteiger partial charge in [-0.2, -0.15) is 0 Å². The fourth-order valence-electron chi connectivity index (χ4n) is 3.37. The van der Waals surface area contributed by atoms with E-state index in [1.807, 2.05) is 0 Å².